The average Bonchev–Trinajstić information content (AvgIpc) is 3.75. The fourth-order valence-electron chi connectivity index (χ4n) is 5.25. The molecule has 0 radical (unpaired) electrons. The maximum Gasteiger partial charge on any atom is 0.251 e. The van der Waals surface area contributed by atoms with Crippen molar-refractivity contribution in [2.24, 2.45) is 0 Å². The number of nitrogens with one attached hydrogen (secondary N) is 2. The highest BCUT2D eigenvalue weighted by Gasteiger charge is 2.44. The molecule has 1 aliphatic carbocycles. The van der Waals surface area contributed by atoms with Gasteiger partial charge in [-0.3, -0.25) is 4.79 Å². The van der Waals surface area contributed by atoms with Crippen molar-refractivity contribution in [1.29, 1.82) is 0 Å². The van der Waals surface area contributed by atoms with E-state index in [-0.39, 0.29) is 36.8 Å². The van der Waals surface area contributed by atoms with Gasteiger partial charge in [0.25, 0.3) is 5.91 Å². The first-order chi connectivity index (χ1) is 20.1. The molecule has 0 bridgehead atoms. The second-order valence-electron chi connectivity index (χ2n) is 11.3. The number of halogens is 4. The third-order valence-electron chi connectivity index (χ3n) is 7.71. The molecule has 1 fully saturated rings. The van der Waals surface area contributed by atoms with Gasteiger partial charge in [-0.25, -0.2) is 8.78 Å². The molecule has 1 amide bonds. The summed E-state index contributed by atoms with van der Waals surface area (Å²) >= 11 is 3.52. The molecule has 4 rings (SSSR count). The van der Waals surface area contributed by atoms with Crippen molar-refractivity contribution in [3.05, 3.63) is 105 Å². The zero-order chi connectivity index (χ0) is 30.3. The van der Waals surface area contributed by atoms with E-state index in [2.05, 4.69) is 44.3 Å². The lowest BCUT2D eigenvalue weighted by Crippen LogP contribution is -2.50. The SMILES string of the molecule is C#Cc1cccc(C2(NC[C@H](O)[C@H](Cc3cc(F)cc(F)c3)NC(=O)c3cc(Br)cc(CN(C)CCCC)c3)CC2)c1.Cl. The van der Waals surface area contributed by atoms with Crippen molar-refractivity contribution >= 4 is 34.2 Å². The molecule has 3 N–H and O–H groups in total. The number of aliphatic hydroxyl groups is 1. The maximum absolute atomic E-state index is 14.0. The zero-order valence-electron chi connectivity index (χ0n) is 24.5. The van der Waals surface area contributed by atoms with E-state index in [1.54, 1.807) is 6.07 Å². The molecule has 1 aliphatic rings. The monoisotopic (exact) mass is 673 g/mol. The van der Waals surface area contributed by atoms with Crippen molar-refractivity contribution < 1.29 is 18.7 Å². The van der Waals surface area contributed by atoms with Gasteiger partial charge >= 0.3 is 0 Å². The molecule has 0 aliphatic heterocycles. The quantitative estimate of drug-likeness (QED) is 0.175. The Kier molecular flexibility index (Phi) is 12.7. The summed E-state index contributed by atoms with van der Waals surface area (Å²) in [6.07, 6.45) is 8.54. The highest BCUT2D eigenvalue weighted by atomic mass is 79.9. The molecule has 0 unspecified atom stereocenters. The first-order valence-corrected chi connectivity index (χ1v) is 15.1. The van der Waals surface area contributed by atoms with E-state index in [0.717, 1.165) is 59.5 Å². The Labute approximate surface area is 268 Å². The van der Waals surface area contributed by atoms with E-state index >= 15 is 0 Å². The number of unbranched alkanes of at least 4 members (excludes halogenated alkanes) is 1. The number of nitrogens with zero attached hydrogens (tertiary/aromatic N) is 1. The van der Waals surface area contributed by atoms with Crippen LogP contribution in [0.15, 0.2) is 65.1 Å². The zero-order valence-corrected chi connectivity index (χ0v) is 26.9. The largest absolute Gasteiger partial charge is 0.390 e. The van der Waals surface area contributed by atoms with Gasteiger partial charge in [0.2, 0.25) is 0 Å². The van der Waals surface area contributed by atoms with Crippen LogP contribution in [0.25, 0.3) is 0 Å². The van der Waals surface area contributed by atoms with Crippen LogP contribution in [0, 0.1) is 24.0 Å². The molecule has 0 heterocycles. The first kappa shape index (κ1) is 34.7. The number of carbonyl (C=O) groups is 1. The number of terminal acetylenes is 1. The van der Waals surface area contributed by atoms with Gasteiger partial charge in [-0.05, 0) is 98.4 Å². The summed E-state index contributed by atoms with van der Waals surface area (Å²) in [5.74, 6) is 0.859. The summed E-state index contributed by atoms with van der Waals surface area (Å²) in [7, 11) is 2.04. The number of hydrogen-bond acceptors (Lipinski definition) is 4. The molecule has 43 heavy (non-hydrogen) atoms. The van der Waals surface area contributed by atoms with Gasteiger partial charge in [0.05, 0.1) is 12.1 Å². The molecular weight excluding hydrogens is 636 g/mol. The van der Waals surface area contributed by atoms with Gasteiger partial charge in [-0.15, -0.1) is 18.8 Å². The fourth-order valence-corrected chi connectivity index (χ4v) is 5.79. The van der Waals surface area contributed by atoms with Crippen molar-refractivity contribution in [3.8, 4) is 12.3 Å². The van der Waals surface area contributed by atoms with Crippen LogP contribution in [-0.2, 0) is 18.5 Å². The Bertz CT molecular complexity index is 1420. The number of amides is 1. The number of benzene rings is 3. The minimum atomic E-state index is -1.04. The minimum absolute atomic E-state index is 0. The lowest BCUT2D eigenvalue weighted by Gasteiger charge is -2.27. The number of rotatable bonds is 14. The minimum Gasteiger partial charge on any atom is -0.390 e. The highest BCUT2D eigenvalue weighted by Crippen LogP contribution is 2.45. The molecule has 5 nitrogen and oxygen atoms in total. The topological polar surface area (TPSA) is 64.6 Å². The summed E-state index contributed by atoms with van der Waals surface area (Å²) in [5.41, 5.74) is 3.27. The average molecular weight is 675 g/mol. The molecule has 2 atom stereocenters. The Morgan fingerprint density at radius 2 is 1.84 bits per heavy atom. The predicted octanol–water partition coefficient (Wildman–Crippen LogP) is 6.34. The maximum atomic E-state index is 14.0. The van der Waals surface area contributed by atoms with E-state index in [1.807, 2.05) is 43.4 Å². The van der Waals surface area contributed by atoms with Gasteiger partial charge in [0.1, 0.15) is 11.6 Å². The molecule has 0 saturated heterocycles. The first-order valence-electron chi connectivity index (χ1n) is 14.3. The Morgan fingerprint density at radius 3 is 2.49 bits per heavy atom. The van der Waals surface area contributed by atoms with Crippen molar-refractivity contribution in [2.45, 2.75) is 63.3 Å². The van der Waals surface area contributed by atoms with Gasteiger partial charge in [0, 0.05) is 40.3 Å². The molecule has 9 heteroatoms. The third kappa shape index (κ3) is 9.85. The van der Waals surface area contributed by atoms with Crippen LogP contribution in [0.4, 0.5) is 8.78 Å². The van der Waals surface area contributed by atoms with Crippen molar-refractivity contribution in [1.82, 2.24) is 15.5 Å². The summed E-state index contributed by atoms with van der Waals surface area (Å²) in [6, 6.07) is 15.7. The number of hydrogen-bond donors (Lipinski definition) is 3. The van der Waals surface area contributed by atoms with Crippen LogP contribution in [-0.4, -0.2) is 48.2 Å². The molecule has 0 aromatic heterocycles. The number of aliphatic hydroxyl groups excluding tert-OH is 1. The lowest BCUT2D eigenvalue weighted by atomic mass is 9.98. The molecule has 3 aromatic rings. The predicted molar refractivity (Wildman–Crippen MR) is 173 cm³/mol. The van der Waals surface area contributed by atoms with Crippen LogP contribution in [0.3, 0.4) is 0 Å². The van der Waals surface area contributed by atoms with Gasteiger partial charge in [0.15, 0.2) is 0 Å². The molecule has 0 spiro atoms. The molecule has 3 aromatic carbocycles. The van der Waals surface area contributed by atoms with E-state index in [0.29, 0.717) is 17.7 Å². The molecular formula is C34H39BrClF2N3O2. The molecule has 230 valence electrons. The van der Waals surface area contributed by atoms with Crippen LogP contribution in [0.2, 0.25) is 0 Å². The fraction of sp³-hybridized carbons (Fsp3) is 0.382. The summed E-state index contributed by atoms with van der Waals surface area (Å²) in [6.45, 7) is 3.94. The Balaban J connectivity index is 0.00000506. The van der Waals surface area contributed by atoms with Gasteiger partial charge < -0.3 is 20.6 Å². The van der Waals surface area contributed by atoms with Gasteiger partial charge in [-0.1, -0.05) is 47.3 Å². The van der Waals surface area contributed by atoms with Crippen molar-refractivity contribution in [2.75, 3.05) is 20.1 Å². The summed E-state index contributed by atoms with van der Waals surface area (Å²) in [5, 5.41) is 17.7. The van der Waals surface area contributed by atoms with Crippen molar-refractivity contribution in [3.63, 3.8) is 0 Å². The molecule has 1 saturated carbocycles. The van der Waals surface area contributed by atoms with Crippen LogP contribution >= 0.6 is 28.3 Å². The van der Waals surface area contributed by atoms with Crippen LogP contribution in [0.1, 0.15) is 65.2 Å². The lowest BCUT2D eigenvalue weighted by molar-refractivity contribution is 0.0821. The van der Waals surface area contributed by atoms with E-state index in [1.165, 1.54) is 12.1 Å². The normalized spacial score (nSPS) is 14.8. The number of carbonyl (C=O) groups excluding carboxylic acids is 1. The van der Waals surface area contributed by atoms with Crippen LogP contribution < -0.4 is 10.6 Å². The summed E-state index contributed by atoms with van der Waals surface area (Å²) in [4.78, 5) is 15.7. The van der Waals surface area contributed by atoms with E-state index < -0.39 is 23.8 Å². The third-order valence-corrected chi connectivity index (χ3v) is 8.16. The summed E-state index contributed by atoms with van der Waals surface area (Å²) < 4.78 is 28.8. The Morgan fingerprint density at radius 1 is 1.12 bits per heavy atom. The van der Waals surface area contributed by atoms with E-state index in [4.69, 9.17) is 6.42 Å². The second kappa shape index (κ2) is 15.8. The standard InChI is InChI=1S/C34H38BrF2N3O2.ClH/c1-4-6-12-40(3)22-25-13-26(19-28(35)15-25)33(42)39-31(18-24-16-29(36)20-30(37)17-24)32(41)21-38-34(10-11-34)27-9-7-8-23(5-2)14-27;/h2,7-9,13-17,19-20,31-32,38,41H,4,6,10-12,18,21-22H2,1,3H3,(H,39,42);1H/t31-,32-;/m0./s1. The van der Waals surface area contributed by atoms with Crippen LogP contribution in [0.5, 0.6) is 0 Å². The second-order valence-corrected chi connectivity index (χ2v) is 12.2. The highest BCUT2D eigenvalue weighted by molar-refractivity contribution is 9.10. The Hall–Kier alpha value is -2.80. The van der Waals surface area contributed by atoms with Gasteiger partial charge in [-0.2, -0.15) is 0 Å². The smallest absolute Gasteiger partial charge is 0.251 e. The van der Waals surface area contributed by atoms with E-state index in [9.17, 15) is 18.7 Å².